The molecule has 2 atom stereocenters. The Balaban J connectivity index is 2.74. The topological polar surface area (TPSA) is 108 Å². The van der Waals surface area contributed by atoms with E-state index in [2.05, 4.69) is 10.1 Å². The van der Waals surface area contributed by atoms with Crippen molar-refractivity contribution in [1.29, 1.82) is 0 Å². The molecule has 8 heteroatoms. The van der Waals surface area contributed by atoms with Crippen LogP contribution in [-0.2, 0) is 14.6 Å². The van der Waals surface area contributed by atoms with E-state index < -0.39 is 21.1 Å². The largest absolute Gasteiger partial charge is 0.377 e. The lowest BCUT2D eigenvalue weighted by atomic mass is 10.3. The number of hydrogen-bond acceptors (Lipinski definition) is 7. The van der Waals surface area contributed by atoms with Gasteiger partial charge in [0.2, 0.25) is 5.89 Å². The summed E-state index contributed by atoms with van der Waals surface area (Å²) in [5.41, 5.74) is 5.81. The van der Waals surface area contributed by atoms with Crippen molar-refractivity contribution in [2.24, 2.45) is 5.73 Å². The second kappa shape index (κ2) is 5.77. The molecule has 0 saturated carbocycles. The maximum Gasteiger partial charge on any atom is 0.244 e. The number of hydrogen-bond donors (Lipinski definition) is 1. The maximum absolute atomic E-state index is 11.3. The van der Waals surface area contributed by atoms with Crippen LogP contribution in [0.15, 0.2) is 4.52 Å². The summed E-state index contributed by atoms with van der Waals surface area (Å²) in [5.74, 6) is 0.300. The van der Waals surface area contributed by atoms with Gasteiger partial charge in [0.1, 0.15) is 5.25 Å². The van der Waals surface area contributed by atoms with Gasteiger partial charge in [0.15, 0.2) is 15.7 Å². The Morgan fingerprint density at radius 1 is 1.39 bits per heavy atom. The Kier molecular flexibility index (Phi) is 4.83. The van der Waals surface area contributed by atoms with Crippen LogP contribution < -0.4 is 5.73 Å². The average Bonchev–Trinajstić information content (AvgIpc) is 2.72. The zero-order valence-corrected chi connectivity index (χ0v) is 11.8. The smallest absolute Gasteiger partial charge is 0.244 e. The second-order valence-corrected chi connectivity index (χ2v) is 6.82. The van der Waals surface area contributed by atoms with Crippen LogP contribution in [0, 0.1) is 0 Å². The third-order valence-electron chi connectivity index (χ3n) is 2.39. The summed E-state index contributed by atoms with van der Waals surface area (Å²) >= 11 is 0. The summed E-state index contributed by atoms with van der Waals surface area (Å²) in [4.78, 5) is 3.99. The van der Waals surface area contributed by atoms with Crippen molar-refractivity contribution in [3.63, 3.8) is 0 Å². The molecule has 0 aliphatic heterocycles. The van der Waals surface area contributed by atoms with Crippen molar-refractivity contribution in [1.82, 2.24) is 10.1 Å². The SMILES string of the molecule is CC(C)OCC(N)c1noc(C(C)S(C)(=O)=O)n1. The lowest BCUT2D eigenvalue weighted by Gasteiger charge is -2.10. The van der Waals surface area contributed by atoms with Gasteiger partial charge in [-0.1, -0.05) is 5.16 Å². The minimum absolute atomic E-state index is 0.0486. The molecule has 2 unspecified atom stereocenters. The molecule has 0 radical (unpaired) electrons. The molecule has 0 fully saturated rings. The normalized spacial score (nSPS) is 15.9. The number of nitrogens with zero attached hydrogens (tertiary/aromatic N) is 2. The van der Waals surface area contributed by atoms with Gasteiger partial charge >= 0.3 is 0 Å². The molecule has 1 heterocycles. The molecule has 1 rings (SSSR count). The summed E-state index contributed by atoms with van der Waals surface area (Å²) in [7, 11) is -3.26. The Labute approximate surface area is 107 Å². The van der Waals surface area contributed by atoms with Crippen LogP contribution in [0.5, 0.6) is 0 Å². The van der Waals surface area contributed by atoms with Gasteiger partial charge in [0, 0.05) is 6.26 Å². The molecule has 0 aliphatic carbocycles. The average molecular weight is 277 g/mol. The molecule has 0 amide bonds. The Bertz CT molecular complexity index is 483. The first-order valence-corrected chi connectivity index (χ1v) is 7.56. The van der Waals surface area contributed by atoms with Gasteiger partial charge < -0.3 is 15.0 Å². The number of rotatable bonds is 6. The monoisotopic (exact) mass is 277 g/mol. The van der Waals surface area contributed by atoms with E-state index in [0.29, 0.717) is 0 Å². The van der Waals surface area contributed by atoms with Crippen LogP contribution in [0.3, 0.4) is 0 Å². The highest BCUT2D eigenvalue weighted by molar-refractivity contribution is 7.90. The van der Waals surface area contributed by atoms with Crippen molar-refractivity contribution < 1.29 is 17.7 Å². The summed E-state index contributed by atoms with van der Waals surface area (Å²) in [6.45, 7) is 5.52. The molecule has 0 bridgehead atoms. The third-order valence-corrected chi connectivity index (χ3v) is 3.87. The van der Waals surface area contributed by atoms with E-state index in [0.717, 1.165) is 6.26 Å². The summed E-state index contributed by atoms with van der Waals surface area (Å²) < 4.78 is 32.9. The fourth-order valence-corrected chi connectivity index (χ4v) is 1.58. The molecule has 0 spiro atoms. The molecule has 104 valence electrons. The van der Waals surface area contributed by atoms with Crippen molar-refractivity contribution in [3.05, 3.63) is 11.7 Å². The molecule has 2 N–H and O–H groups in total. The number of ether oxygens (including phenoxy) is 1. The van der Waals surface area contributed by atoms with E-state index in [-0.39, 0.29) is 24.4 Å². The van der Waals surface area contributed by atoms with Crippen molar-refractivity contribution in [3.8, 4) is 0 Å². The van der Waals surface area contributed by atoms with Crippen LogP contribution in [0.1, 0.15) is 43.8 Å². The van der Waals surface area contributed by atoms with E-state index in [1.807, 2.05) is 13.8 Å². The van der Waals surface area contributed by atoms with Crippen LogP contribution in [0.2, 0.25) is 0 Å². The fourth-order valence-electron chi connectivity index (χ4n) is 1.12. The molecule has 1 aromatic heterocycles. The molecule has 7 nitrogen and oxygen atoms in total. The first-order valence-electron chi connectivity index (χ1n) is 5.61. The standard InChI is InChI=1S/C10H19N3O4S/c1-6(2)16-5-8(11)9-12-10(17-13-9)7(3)18(4,14)15/h6-8H,5,11H2,1-4H3. The molecule has 1 aromatic rings. The van der Waals surface area contributed by atoms with Gasteiger partial charge in [-0.15, -0.1) is 0 Å². The lowest BCUT2D eigenvalue weighted by Crippen LogP contribution is -2.21. The first-order chi connectivity index (χ1) is 8.21. The van der Waals surface area contributed by atoms with Crippen molar-refractivity contribution in [2.45, 2.75) is 38.2 Å². The molecular weight excluding hydrogens is 258 g/mol. The predicted molar refractivity (Wildman–Crippen MR) is 65.6 cm³/mol. The quantitative estimate of drug-likeness (QED) is 0.811. The minimum Gasteiger partial charge on any atom is -0.377 e. The Hall–Kier alpha value is -0.990. The Morgan fingerprint density at radius 3 is 2.50 bits per heavy atom. The molecular formula is C10H19N3O4S. The number of aromatic nitrogens is 2. The van der Waals surface area contributed by atoms with Crippen LogP contribution >= 0.6 is 0 Å². The second-order valence-electron chi connectivity index (χ2n) is 4.45. The fraction of sp³-hybridized carbons (Fsp3) is 0.800. The van der Waals surface area contributed by atoms with E-state index in [1.165, 1.54) is 6.92 Å². The highest BCUT2D eigenvalue weighted by atomic mass is 32.2. The van der Waals surface area contributed by atoms with E-state index in [9.17, 15) is 8.42 Å². The van der Waals surface area contributed by atoms with E-state index in [4.69, 9.17) is 15.0 Å². The molecule has 18 heavy (non-hydrogen) atoms. The van der Waals surface area contributed by atoms with Gasteiger partial charge in [0.05, 0.1) is 18.8 Å². The van der Waals surface area contributed by atoms with E-state index >= 15 is 0 Å². The van der Waals surface area contributed by atoms with Crippen molar-refractivity contribution in [2.75, 3.05) is 12.9 Å². The molecule has 0 aliphatic rings. The maximum atomic E-state index is 11.3. The minimum atomic E-state index is -3.26. The zero-order chi connectivity index (χ0) is 13.9. The first kappa shape index (κ1) is 15.1. The number of nitrogens with two attached hydrogens (primary N) is 1. The molecule has 0 aromatic carbocycles. The molecule has 0 saturated heterocycles. The highest BCUT2D eigenvalue weighted by Gasteiger charge is 2.25. The number of sulfone groups is 1. The van der Waals surface area contributed by atoms with Gasteiger partial charge in [-0.2, -0.15) is 4.98 Å². The van der Waals surface area contributed by atoms with E-state index in [1.54, 1.807) is 0 Å². The summed E-state index contributed by atoms with van der Waals surface area (Å²) in [6.07, 6.45) is 1.17. The Morgan fingerprint density at radius 2 is 2.00 bits per heavy atom. The summed E-state index contributed by atoms with van der Waals surface area (Å²) in [5, 5.41) is 2.84. The summed E-state index contributed by atoms with van der Waals surface area (Å²) in [6, 6.07) is -0.531. The van der Waals surface area contributed by atoms with Gasteiger partial charge in [0.25, 0.3) is 0 Å². The lowest BCUT2D eigenvalue weighted by molar-refractivity contribution is 0.0665. The van der Waals surface area contributed by atoms with Gasteiger partial charge in [-0.25, -0.2) is 8.42 Å². The third kappa shape index (κ3) is 4.04. The van der Waals surface area contributed by atoms with Crippen LogP contribution in [-0.4, -0.2) is 37.5 Å². The van der Waals surface area contributed by atoms with Crippen LogP contribution in [0.25, 0.3) is 0 Å². The highest BCUT2D eigenvalue weighted by Crippen LogP contribution is 2.20. The van der Waals surface area contributed by atoms with Crippen LogP contribution in [0.4, 0.5) is 0 Å². The van der Waals surface area contributed by atoms with Gasteiger partial charge in [-0.05, 0) is 20.8 Å². The van der Waals surface area contributed by atoms with Gasteiger partial charge in [-0.3, -0.25) is 0 Å². The predicted octanol–water partition coefficient (Wildman–Crippen LogP) is 0.600. The zero-order valence-electron chi connectivity index (χ0n) is 11.0. The van der Waals surface area contributed by atoms with Crippen molar-refractivity contribution >= 4 is 9.84 Å².